The van der Waals surface area contributed by atoms with Gasteiger partial charge in [-0.05, 0) is 30.4 Å². The highest BCUT2D eigenvalue weighted by atomic mass is 16.5. The van der Waals surface area contributed by atoms with Gasteiger partial charge in [0, 0.05) is 7.11 Å². The first-order valence-electron chi connectivity index (χ1n) is 7.12. The Hall–Kier alpha value is -1.64. The van der Waals surface area contributed by atoms with E-state index in [0.717, 1.165) is 24.8 Å². The van der Waals surface area contributed by atoms with Crippen molar-refractivity contribution in [3.8, 4) is 0 Å². The van der Waals surface area contributed by atoms with Crippen molar-refractivity contribution in [2.24, 2.45) is 0 Å². The van der Waals surface area contributed by atoms with Crippen molar-refractivity contribution >= 4 is 0 Å². The summed E-state index contributed by atoms with van der Waals surface area (Å²) in [5.74, 6) is 0. The molecule has 2 atom stereocenters. The van der Waals surface area contributed by atoms with Crippen LogP contribution in [0.3, 0.4) is 0 Å². The molecule has 0 aromatic heterocycles. The van der Waals surface area contributed by atoms with Crippen molar-refractivity contribution in [1.82, 2.24) is 0 Å². The monoisotopic (exact) mass is 270 g/mol. The highest BCUT2D eigenvalue weighted by molar-refractivity contribution is 5.18. The predicted molar refractivity (Wildman–Crippen MR) is 81.4 cm³/mol. The second kappa shape index (κ2) is 7.83. The molecule has 0 aliphatic heterocycles. The van der Waals surface area contributed by atoms with Crippen LogP contribution in [-0.4, -0.2) is 12.2 Å². The SMILES string of the molecule is COC(CCCC(O)c1ccccc1)c1ccccc1. The van der Waals surface area contributed by atoms with Crippen LogP contribution < -0.4 is 0 Å². The zero-order chi connectivity index (χ0) is 14.2. The molecule has 0 fully saturated rings. The minimum absolute atomic E-state index is 0.110. The first-order chi connectivity index (χ1) is 9.81. The summed E-state index contributed by atoms with van der Waals surface area (Å²) in [6.07, 6.45) is 2.34. The Morgan fingerprint density at radius 2 is 1.40 bits per heavy atom. The molecule has 2 heteroatoms. The van der Waals surface area contributed by atoms with Crippen molar-refractivity contribution in [2.45, 2.75) is 31.5 Å². The van der Waals surface area contributed by atoms with Crippen molar-refractivity contribution in [1.29, 1.82) is 0 Å². The number of hydrogen-bond acceptors (Lipinski definition) is 2. The van der Waals surface area contributed by atoms with Crippen LogP contribution in [0.25, 0.3) is 0 Å². The van der Waals surface area contributed by atoms with Gasteiger partial charge in [-0.1, -0.05) is 60.7 Å². The molecule has 1 N–H and O–H groups in total. The molecule has 0 aliphatic carbocycles. The first-order valence-corrected chi connectivity index (χ1v) is 7.12. The quantitative estimate of drug-likeness (QED) is 0.813. The Morgan fingerprint density at radius 3 is 1.95 bits per heavy atom. The minimum Gasteiger partial charge on any atom is -0.388 e. The van der Waals surface area contributed by atoms with Gasteiger partial charge in [0.05, 0.1) is 12.2 Å². The lowest BCUT2D eigenvalue weighted by atomic mass is 9.99. The number of methoxy groups -OCH3 is 1. The maximum atomic E-state index is 10.1. The molecule has 2 rings (SSSR count). The highest BCUT2D eigenvalue weighted by Gasteiger charge is 2.12. The number of aliphatic hydroxyl groups excluding tert-OH is 1. The summed E-state index contributed by atoms with van der Waals surface area (Å²) in [7, 11) is 1.74. The molecule has 0 spiro atoms. The van der Waals surface area contributed by atoms with Gasteiger partial charge in [0.15, 0.2) is 0 Å². The van der Waals surface area contributed by atoms with Gasteiger partial charge in [0.25, 0.3) is 0 Å². The molecule has 2 aromatic carbocycles. The van der Waals surface area contributed by atoms with Crippen LogP contribution in [0.15, 0.2) is 60.7 Å². The van der Waals surface area contributed by atoms with Gasteiger partial charge in [0.2, 0.25) is 0 Å². The van der Waals surface area contributed by atoms with E-state index in [1.165, 1.54) is 5.56 Å². The van der Waals surface area contributed by atoms with E-state index in [1.54, 1.807) is 7.11 Å². The molecule has 0 aliphatic rings. The van der Waals surface area contributed by atoms with E-state index >= 15 is 0 Å². The molecule has 0 heterocycles. The van der Waals surface area contributed by atoms with Gasteiger partial charge in [-0.3, -0.25) is 0 Å². The Kier molecular flexibility index (Phi) is 5.78. The van der Waals surface area contributed by atoms with Crippen LogP contribution in [0, 0.1) is 0 Å². The number of ether oxygens (including phenoxy) is 1. The summed E-state index contributed by atoms with van der Waals surface area (Å²) < 4.78 is 5.54. The zero-order valence-electron chi connectivity index (χ0n) is 11.9. The molecule has 106 valence electrons. The van der Waals surface area contributed by atoms with Gasteiger partial charge in [-0.25, -0.2) is 0 Å². The van der Waals surface area contributed by atoms with Crippen LogP contribution in [-0.2, 0) is 4.74 Å². The maximum Gasteiger partial charge on any atom is 0.0821 e. The van der Waals surface area contributed by atoms with Gasteiger partial charge in [0.1, 0.15) is 0 Å². The molecule has 0 bridgehead atoms. The van der Waals surface area contributed by atoms with Crippen molar-refractivity contribution in [3.05, 3.63) is 71.8 Å². The lowest BCUT2D eigenvalue weighted by molar-refractivity contribution is 0.0861. The van der Waals surface area contributed by atoms with Crippen LogP contribution in [0.2, 0.25) is 0 Å². The van der Waals surface area contributed by atoms with Gasteiger partial charge >= 0.3 is 0 Å². The van der Waals surface area contributed by atoms with Gasteiger partial charge in [-0.15, -0.1) is 0 Å². The fourth-order valence-corrected chi connectivity index (χ4v) is 2.43. The Labute approximate surface area is 121 Å². The highest BCUT2D eigenvalue weighted by Crippen LogP contribution is 2.25. The largest absolute Gasteiger partial charge is 0.388 e. The van der Waals surface area contributed by atoms with E-state index in [4.69, 9.17) is 4.74 Å². The molecule has 0 saturated heterocycles. The fraction of sp³-hybridized carbons (Fsp3) is 0.333. The minimum atomic E-state index is -0.385. The summed E-state index contributed by atoms with van der Waals surface area (Å²) in [5.41, 5.74) is 2.19. The van der Waals surface area contributed by atoms with E-state index in [9.17, 15) is 5.11 Å². The van der Waals surface area contributed by atoms with E-state index < -0.39 is 0 Å². The predicted octanol–water partition coefficient (Wildman–Crippen LogP) is 4.28. The summed E-state index contributed by atoms with van der Waals surface area (Å²) in [6.45, 7) is 0. The topological polar surface area (TPSA) is 29.5 Å². The normalized spacial score (nSPS) is 13.9. The van der Waals surface area contributed by atoms with E-state index in [-0.39, 0.29) is 12.2 Å². The van der Waals surface area contributed by atoms with E-state index in [1.807, 2.05) is 48.5 Å². The number of benzene rings is 2. The lowest BCUT2D eigenvalue weighted by Crippen LogP contribution is -2.03. The summed E-state index contributed by atoms with van der Waals surface area (Å²) >= 11 is 0. The number of aliphatic hydroxyl groups is 1. The third-order valence-electron chi connectivity index (χ3n) is 3.58. The smallest absolute Gasteiger partial charge is 0.0821 e. The molecule has 20 heavy (non-hydrogen) atoms. The first kappa shape index (κ1) is 14.8. The molecule has 0 amide bonds. The fourth-order valence-electron chi connectivity index (χ4n) is 2.43. The van der Waals surface area contributed by atoms with Crippen molar-refractivity contribution in [3.63, 3.8) is 0 Å². The summed E-state index contributed by atoms with van der Waals surface area (Å²) in [4.78, 5) is 0. The van der Waals surface area contributed by atoms with E-state index in [0.29, 0.717) is 0 Å². The van der Waals surface area contributed by atoms with Crippen LogP contribution in [0.1, 0.15) is 42.6 Å². The molecule has 2 nitrogen and oxygen atoms in total. The van der Waals surface area contributed by atoms with Crippen molar-refractivity contribution < 1.29 is 9.84 Å². The maximum absolute atomic E-state index is 10.1. The zero-order valence-corrected chi connectivity index (χ0v) is 11.9. The molecular formula is C18H22O2. The van der Waals surface area contributed by atoms with Crippen LogP contribution in [0.4, 0.5) is 0 Å². The van der Waals surface area contributed by atoms with E-state index in [2.05, 4.69) is 12.1 Å². The second-order valence-electron chi connectivity index (χ2n) is 4.99. The Bertz CT molecular complexity index is 481. The summed E-state index contributed by atoms with van der Waals surface area (Å²) in [5, 5.41) is 10.1. The van der Waals surface area contributed by atoms with Crippen LogP contribution >= 0.6 is 0 Å². The second-order valence-corrected chi connectivity index (χ2v) is 4.99. The average molecular weight is 270 g/mol. The Balaban J connectivity index is 1.83. The number of hydrogen-bond donors (Lipinski definition) is 1. The average Bonchev–Trinajstić information content (AvgIpc) is 2.53. The third kappa shape index (κ3) is 4.19. The molecular weight excluding hydrogens is 248 g/mol. The molecule has 0 radical (unpaired) electrons. The van der Waals surface area contributed by atoms with Gasteiger partial charge in [-0.2, -0.15) is 0 Å². The number of rotatable bonds is 7. The Morgan fingerprint density at radius 1 is 0.850 bits per heavy atom. The molecule has 2 unspecified atom stereocenters. The van der Waals surface area contributed by atoms with Gasteiger partial charge < -0.3 is 9.84 Å². The summed E-state index contributed by atoms with van der Waals surface area (Å²) in [6, 6.07) is 20.1. The lowest BCUT2D eigenvalue weighted by Gasteiger charge is -2.17. The third-order valence-corrected chi connectivity index (χ3v) is 3.58. The van der Waals surface area contributed by atoms with Crippen LogP contribution in [0.5, 0.6) is 0 Å². The molecule has 2 aromatic rings. The standard InChI is InChI=1S/C18H22O2/c1-20-18(16-11-6-3-7-12-16)14-8-13-17(19)15-9-4-2-5-10-15/h2-7,9-12,17-19H,8,13-14H2,1H3. The molecule has 0 saturated carbocycles. The van der Waals surface area contributed by atoms with Crippen molar-refractivity contribution in [2.75, 3.05) is 7.11 Å².